The number of amides is 1. The highest BCUT2D eigenvalue weighted by molar-refractivity contribution is 6.06. The van der Waals surface area contributed by atoms with Crippen molar-refractivity contribution in [3.63, 3.8) is 0 Å². The van der Waals surface area contributed by atoms with Gasteiger partial charge in [0.15, 0.2) is 0 Å². The lowest BCUT2D eigenvalue weighted by Gasteiger charge is -2.01. The lowest BCUT2D eigenvalue weighted by atomic mass is 10.1. The average Bonchev–Trinajstić information content (AvgIpc) is 2.39. The second-order valence-corrected chi connectivity index (χ2v) is 3.99. The zero-order valence-electron chi connectivity index (χ0n) is 6.85. The second-order valence-electron chi connectivity index (χ2n) is 3.99. The van der Waals surface area contributed by atoms with E-state index in [1.165, 1.54) is 0 Å². The third-order valence-electron chi connectivity index (χ3n) is 2.50. The van der Waals surface area contributed by atoms with E-state index in [0.29, 0.717) is 17.9 Å². The van der Waals surface area contributed by atoms with Gasteiger partial charge in [-0.25, -0.2) is 0 Å². The van der Waals surface area contributed by atoms with E-state index in [4.69, 9.17) is 0 Å². The van der Waals surface area contributed by atoms with E-state index in [2.05, 4.69) is 24.2 Å². The van der Waals surface area contributed by atoms with E-state index >= 15 is 0 Å². The van der Waals surface area contributed by atoms with Crippen LogP contribution in [0.15, 0.2) is 4.99 Å². The van der Waals surface area contributed by atoms with Crippen LogP contribution in [0.3, 0.4) is 0 Å². The predicted molar refractivity (Wildman–Crippen MR) is 42.3 cm³/mol. The Hall–Kier alpha value is -0.860. The minimum Gasteiger partial charge on any atom is -0.313 e. The molecule has 0 aromatic heterocycles. The van der Waals surface area contributed by atoms with Gasteiger partial charge in [0.25, 0.3) is 0 Å². The topological polar surface area (TPSA) is 41.5 Å². The Bertz CT molecular complexity index is 242. The molecule has 1 amide bonds. The molecule has 2 rings (SSSR count). The van der Waals surface area contributed by atoms with E-state index in [0.717, 1.165) is 12.3 Å². The largest absolute Gasteiger partial charge is 0.313 e. The van der Waals surface area contributed by atoms with E-state index in [-0.39, 0.29) is 5.91 Å². The average molecular weight is 152 g/mol. The maximum Gasteiger partial charge on any atom is 0.247 e. The molecule has 0 aromatic carbocycles. The van der Waals surface area contributed by atoms with Crippen LogP contribution in [0.1, 0.15) is 20.3 Å². The second kappa shape index (κ2) is 1.84. The summed E-state index contributed by atoms with van der Waals surface area (Å²) in [5.74, 6) is 1.47. The van der Waals surface area contributed by atoms with Crippen LogP contribution in [0.2, 0.25) is 0 Å². The van der Waals surface area contributed by atoms with Gasteiger partial charge in [-0.2, -0.15) is 0 Å². The lowest BCUT2D eigenvalue weighted by molar-refractivity contribution is -0.117. The fraction of sp³-hybridized carbons (Fsp3) is 0.750. The Kier molecular flexibility index (Phi) is 1.14. The summed E-state index contributed by atoms with van der Waals surface area (Å²) in [4.78, 5) is 14.9. The Morgan fingerprint density at radius 2 is 2.27 bits per heavy atom. The monoisotopic (exact) mass is 152 g/mol. The summed E-state index contributed by atoms with van der Waals surface area (Å²) in [7, 11) is 0. The van der Waals surface area contributed by atoms with E-state index in [1.807, 2.05) is 0 Å². The van der Waals surface area contributed by atoms with Crippen LogP contribution < -0.4 is 5.32 Å². The zero-order valence-corrected chi connectivity index (χ0v) is 6.85. The maximum atomic E-state index is 10.8. The van der Waals surface area contributed by atoms with Gasteiger partial charge in [-0.1, -0.05) is 13.8 Å². The smallest absolute Gasteiger partial charge is 0.247 e. The lowest BCUT2D eigenvalue weighted by Crippen LogP contribution is -2.27. The highest BCUT2D eigenvalue weighted by Gasteiger charge is 2.50. The number of carbonyl (C=O) groups excluding carboxylic acids is 1. The Balaban J connectivity index is 2.04. The molecule has 1 fully saturated rings. The molecule has 0 aromatic rings. The molecule has 1 saturated carbocycles. The number of nitrogens with one attached hydrogen (secondary N) is 1. The Morgan fingerprint density at radius 1 is 1.64 bits per heavy atom. The molecule has 1 heterocycles. The van der Waals surface area contributed by atoms with Crippen LogP contribution in [0.4, 0.5) is 0 Å². The molecule has 1 aliphatic heterocycles. The molecule has 3 nitrogen and oxygen atoms in total. The number of hydrogen-bond donors (Lipinski definition) is 1. The standard InChI is InChI=1S/C8H12N2O/c1-8(2)3-5(8)7-9-4-6(11)10-7/h5H,3-4H2,1-2H3,(H,9,10,11). The van der Waals surface area contributed by atoms with Gasteiger partial charge < -0.3 is 5.32 Å². The van der Waals surface area contributed by atoms with Crippen molar-refractivity contribution in [3.8, 4) is 0 Å². The van der Waals surface area contributed by atoms with Crippen LogP contribution in [0.5, 0.6) is 0 Å². The fourth-order valence-electron chi connectivity index (χ4n) is 1.51. The van der Waals surface area contributed by atoms with Gasteiger partial charge in [-0.3, -0.25) is 9.79 Å². The van der Waals surface area contributed by atoms with Gasteiger partial charge >= 0.3 is 0 Å². The van der Waals surface area contributed by atoms with Crippen LogP contribution in [-0.2, 0) is 4.79 Å². The van der Waals surface area contributed by atoms with Crippen molar-refractivity contribution in [3.05, 3.63) is 0 Å². The first-order chi connectivity index (χ1) is 5.09. The van der Waals surface area contributed by atoms with Gasteiger partial charge in [0.1, 0.15) is 12.4 Å². The molecule has 3 heteroatoms. The molecule has 1 N–H and O–H groups in total. The third kappa shape index (κ3) is 1.04. The van der Waals surface area contributed by atoms with Crippen molar-refractivity contribution in [2.75, 3.05) is 6.54 Å². The molecule has 1 unspecified atom stereocenters. The first kappa shape index (κ1) is 6.83. The molecule has 1 atom stereocenters. The molecule has 1 aliphatic carbocycles. The van der Waals surface area contributed by atoms with Crippen molar-refractivity contribution in [2.24, 2.45) is 16.3 Å². The molecule has 0 bridgehead atoms. The molecule has 2 aliphatic rings. The molecular weight excluding hydrogens is 140 g/mol. The van der Waals surface area contributed by atoms with Gasteiger partial charge in [0.05, 0.1) is 0 Å². The van der Waals surface area contributed by atoms with Crippen molar-refractivity contribution < 1.29 is 4.79 Å². The highest BCUT2D eigenvalue weighted by Crippen LogP contribution is 2.52. The zero-order chi connectivity index (χ0) is 8.06. The Labute approximate surface area is 65.9 Å². The van der Waals surface area contributed by atoms with Crippen molar-refractivity contribution in [1.29, 1.82) is 0 Å². The third-order valence-corrected chi connectivity index (χ3v) is 2.50. The van der Waals surface area contributed by atoms with Gasteiger partial charge in [0.2, 0.25) is 5.91 Å². The van der Waals surface area contributed by atoms with Crippen molar-refractivity contribution in [1.82, 2.24) is 5.32 Å². The molecule has 11 heavy (non-hydrogen) atoms. The summed E-state index contributed by atoms with van der Waals surface area (Å²) < 4.78 is 0. The van der Waals surface area contributed by atoms with E-state index < -0.39 is 0 Å². The Morgan fingerprint density at radius 3 is 2.64 bits per heavy atom. The van der Waals surface area contributed by atoms with E-state index in [9.17, 15) is 4.79 Å². The van der Waals surface area contributed by atoms with E-state index in [1.54, 1.807) is 0 Å². The number of rotatable bonds is 1. The number of carbonyl (C=O) groups is 1. The first-order valence-electron chi connectivity index (χ1n) is 3.94. The summed E-state index contributed by atoms with van der Waals surface area (Å²) in [6.45, 7) is 4.73. The molecule has 0 radical (unpaired) electrons. The highest BCUT2D eigenvalue weighted by atomic mass is 16.2. The first-order valence-corrected chi connectivity index (χ1v) is 3.94. The molecular formula is C8H12N2O. The number of amidine groups is 1. The number of nitrogens with zero attached hydrogens (tertiary/aromatic N) is 1. The SMILES string of the molecule is CC1(C)CC1C1=NCC(=O)N1. The van der Waals surface area contributed by atoms with Crippen molar-refractivity contribution >= 4 is 11.7 Å². The summed E-state index contributed by atoms with van der Waals surface area (Å²) in [5.41, 5.74) is 0.371. The van der Waals surface area contributed by atoms with Crippen LogP contribution in [-0.4, -0.2) is 18.3 Å². The summed E-state index contributed by atoms with van der Waals surface area (Å²) in [6, 6.07) is 0. The van der Waals surface area contributed by atoms with Crippen molar-refractivity contribution in [2.45, 2.75) is 20.3 Å². The molecule has 0 saturated heterocycles. The van der Waals surface area contributed by atoms with Crippen LogP contribution in [0.25, 0.3) is 0 Å². The normalized spacial score (nSPS) is 33.1. The predicted octanol–water partition coefficient (Wildman–Crippen LogP) is 0.561. The summed E-state index contributed by atoms with van der Waals surface area (Å²) >= 11 is 0. The quantitative estimate of drug-likeness (QED) is 0.586. The maximum absolute atomic E-state index is 10.8. The minimum absolute atomic E-state index is 0.0442. The molecule has 60 valence electrons. The van der Waals surface area contributed by atoms with Gasteiger partial charge in [0, 0.05) is 5.92 Å². The minimum atomic E-state index is 0.0442. The summed E-state index contributed by atoms with van der Waals surface area (Å²) in [5, 5.41) is 2.78. The summed E-state index contributed by atoms with van der Waals surface area (Å²) in [6.07, 6.45) is 1.16. The number of aliphatic imine (C=N–C) groups is 1. The number of hydrogen-bond acceptors (Lipinski definition) is 2. The van der Waals surface area contributed by atoms with Gasteiger partial charge in [-0.05, 0) is 11.8 Å². The van der Waals surface area contributed by atoms with Crippen LogP contribution >= 0.6 is 0 Å². The van der Waals surface area contributed by atoms with Gasteiger partial charge in [-0.15, -0.1) is 0 Å². The fourth-order valence-corrected chi connectivity index (χ4v) is 1.51. The van der Waals surface area contributed by atoms with Crippen LogP contribution in [0, 0.1) is 11.3 Å². The molecule has 0 spiro atoms.